The van der Waals surface area contributed by atoms with Gasteiger partial charge in [0.1, 0.15) is 28.9 Å². The minimum absolute atomic E-state index is 0.117. The molecule has 0 amide bonds. The average Bonchev–Trinajstić information content (AvgIpc) is 3.12. The van der Waals surface area contributed by atoms with Crippen molar-refractivity contribution in [2.45, 2.75) is 125 Å². The van der Waals surface area contributed by atoms with Gasteiger partial charge in [-0.05, 0) is 129 Å². The number of ether oxygens (including phenoxy) is 3. The van der Waals surface area contributed by atoms with E-state index in [2.05, 4.69) is 40.7 Å². The van der Waals surface area contributed by atoms with Gasteiger partial charge in [-0.2, -0.15) is 0 Å². The molecule has 8 atom stereocenters. The van der Waals surface area contributed by atoms with Gasteiger partial charge in [-0.15, -0.1) is 0 Å². The molecule has 2 aromatic carbocycles. The SMILES string of the molecule is Cc1oc2cc(OCC(=O)O[C@H]3CC[C@@]4(C)C(=CC[C@H]5[C@H]6CC[C@@H]([C@@H](C)CCCC(C)C)C[C@@]6(C)CC[C@@H]54)C3)ccc2c(=O)c1Oc1ccccc1. The van der Waals surface area contributed by atoms with E-state index < -0.39 is 0 Å². The number of hydrogen-bond acceptors (Lipinski definition) is 6. The van der Waals surface area contributed by atoms with Crippen molar-refractivity contribution in [2.24, 2.45) is 46.3 Å². The van der Waals surface area contributed by atoms with Crippen molar-refractivity contribution in [3.63, 3.8) is 0 Å². The number of esters is 1. The molecule has 0 unspecified atom stereocenters. The molecule has 3 saturated carbocycles. The van der Waals surface area contributed by atoms with E-state index in [1.54, 1.807) is 37.3 Å². The van der Waals surface area contributed by atoms with E-state index in [1.807, 2.05) is 18.2 Å². The van der Waals surface area contributed by atoms with E-state index in [-0.39, 0.29) is 35.3 Å². The number of aryl methyl sites for hydroxylation is 1. The number of fused-ring (bicyclic) bond motifs is 6. The Morgan fingerprint density at radius 3 is 2.54 bits per heavy atom. The molecule has 3 fully saturated rings. The third kappa shape index (κ3) is 7.46. The standard InChI is InChI=1S/C46H60O6/c1-29(2)11-10-12-30(3)32-15-20-39-37-18-16-33-25-36(21-24-46(33,6)40(37)22-23-45(39,5)27-32)51-42(47)28-49-35-17-19-38-41(26-35)50-31(4)44(43(38)48)52-34-13-8-7-9-14-34/h7-9,13-14,16-17,19,26,29-30,32,36-37,39-40H,10-12,15,18,20-25,27-28H2,1-6H3/t30-,32+,36-,37-,39+,40-,45+,46-/m0/s1. The number of hydrogen-bond donors (Lipinski definition) is 0. The van der Waals surface area contributed by atoms with Crippen LogP contribution in [0.2, 0.25) is 0 Å². The van der Waals surface area contributed by atoms with Gasteiger partial charge >= 0.3 is 5.97 Å². The smallest absolute Gasteiger partial charge is 0.344 e. The quantitative estimate of drug-likeness (QED) is 0.146. The molecule has 0 bridgehead atoms. The van der Waals surface area contributed by atoms with Crippen LogP contribution in [0, 0.1) is 53.3 Å². The maximum atomic E-state index is 13.2. The van der Waals surface area contributed by atoms with Crippen molar-refractivity contribution in [1.29, 1.82) is 0 Å². The van der Waals surface area contributed by atoms with Gasteiger partial charge in [-0.3, -0.25) is 4.79 Å². The van der Waals surface area contributed by atoms with Gasteiger partial charge < -0.3 is 18.6 Å². The largest absolute Gasteiger partial charge is 0.482 e. The first-order valence-electron chi connectivity index (χ1n) is 20.3. The number of carbonyl (C=O) groups is 1. The summed E-state index contributed by atoms with van der Waals surface area (Å²) in [4.78, 5) is 26.2. The highest BCUT2D eigenvalue weighted by molar-refractivity contribution is 5.80. The fourth-order valence-corrected chi connectivity index (χ4v) is 11.0. The van der Waals surface area contributed by atoms with Gasteiger partial charge in [0.25, 0.3) is 0 Å². The van der Waals surface area contributed by atoms with Crippen molar-refractivity contribution in [2.75, 3.05) is 6.61 Å². The molecule has 1 heterocycles. The summed E-state index contributed by atoms with van der Waals surface area (Å²) < 4.78 is 23.7. The third-order valence-corrected chi connectivity index (χ3v) is 14.0. The summed E-state index contributed by atoms with van der Waals surface area (Å²) in [5, 5.41) is 0.386. The van der Waals surface area contributed by atoms with Crippen molar-refractivity contribution >= 4 is 16.9 Å². The van der Waals surface area contributed by atoms with Crippen molar-refractivity contribution in [3.8, 4) is 17.2 Å². The Kier molecular flexibility index (Phi) is 10.7. The normalized spacial score (nSPS) is 30.4. The van der Waals surface area contributed by atoms with Gasteiger partial charge in [-0.1, -0.05) is 83.7 Å². The average molecular weight is 709 g/mol. The predicted molar refractivity (Wildman–Crippen MR) is 207 cm³/mol. The molecule has 6 nitrogen and oxygen atoms in total. The second-order valence-corrected chi connectivity index (χ2v) is 17.8. The molecule has 0 radical (unpaired) electrons. The minimum atomic E-state index is -0.365. The van der Waals surface area contributed by atoms with E-state index in [1.165, 1.54) is 63.4 Å². The fourth-order valence-electron chi connectivity index (χ4n) is 11.0. The molecule has 0 aliphatic heterocycles. The molecule has 1 aromatic heterocycles. The zero-order valence-corrected chi connectivity index (χ0v) is 32.4. The molecule has 4 aliphatic carbocycles. The first kappa shape index (κ1) is 36.8. The van der Waals surface area contributed by atoms with Crippen LogP contribution in [0.25, 0.3) is 11.0 Å². The van der Waals surface area contributed by atoms with Crippen molar-refractivity contribution in [3.05, 3.63) is 76.2 Å². The Morgan fingerprint density at radius 1 is 0.942 bits per heavy atom. The Labute approximate surface area is 310 Å². The molecular weight excluding hydrogens is 649 g/mol. The number of para-hydroxylation sites is 1. The second-order valence-electron chi connectivity index (χ2n) is 17.8. The summed E-state index contributed by atoms with van der Waals surface area (Å²) in [5.74, 6) is 6.09. The molecular formula is C46H60O6. The monoisotopic (exact) mass is 708 g/mol. The van der Waals surface area contributed by atoms with Crippen LogP contribution in [0.4, 0.5) is 0 Å². The Hall–Kier alpha value is -3.54. The summed E-state index contributed by atoms with van der Waals surface area (Å²) in [5.41, 5.74) is 2.34. The molecule has 7 rings (SSSR count). The topological polar surface area (TPSA) is 75.0 Å². The van der Waals surface area contributed by atoms with Crippen molar-refractivity contribution < 1.29 is 23.4 Å². The zero-order valence-electron chi connectivity index (χ0n) is 32.4. The highest BCUT2D eigenvalue weighted by atomic mass is 16.6. The highest BCUT2D eigenvalue weighted by Crippen LogP contribution is 2.65. The maximum Gasteiger partial charge on any atom is 0.344 e. The first-order chi connectivity index (χ1) is 24.9. The summed E-state index contributed by atoms with van der Waals surface area (Å²) >= 11 is 0. The van der Waals surface area contributed by atoms with Gasteiger partial charge in [0.05, 0.1) is 5.39 Å². The Balaban J connectivity index is 0.933. The molecule has 0 N–H and O–H groups in total. The van der Waals surface area contributed by atoms with E-state index in [0.717, 1.165) is 54.8 Å². The number of rotatable bonds is 11. The molecule has 6 heteroatoms. The van der Waals surface area contributed by atoms with Crippen LogP contribution in [0.3, 0.4) is 0 Å². The Bertz CT molecular complexity index is 1820. The van der Waals surface area contributed by atoms with Gasteiger partial charge in [0, 0.05) is 12.5 Å². The van der Waals surface area contributed by atoms with Crippen LogP contribution in [-0.2, 0) is 9.53 Å². The molecule has 0 saturated heterocycles. The molecule has 280 valence electrons. The van der Waals surface area contributed by atoms with Gasteiger partial charge in [-0.25, -0.2) is 4.79 Å². The van der Waals surface area contributed by atoms with E-state index >= 15 is 0 Å². The van der Waals surface area contributed by atoms with Crippen molar-refractivity contribution in [1.82, 2.24) is 0 Å². The van der Waals surface area contributed by atoms with Crippen LogP contribution >= 0.6 is 0 Å². The third-order valence-electron chi connectivity index (χ3n) is 14.0. The fraction of sp³-hybridized carbons (Fsp3) is 0.609. The van der Waals surface area contributed by atoms with Crippen LogP contribution in [-0.4, -0.2) is 18.7 Å². The van der Waals surface area contributed by atoms with Gasteiger partial charge in [0.15, 0.2) is 6.61 Å². The number of carbonyl (C=O) groups excluding carboxylic acids is 1. The molecule has 0 spiro atoms. The lowest BCUT2D eigenvalue weighted by Gasteiger charge is -2.61. The minimum Gasteiger partial charge on any atom is -0.482 e. The molecule has 4 aliphatic rings. The van der Waals surface area contributed by atoms with Crippen LogP contribution in [0.5, 0.6) is 17.2 Å². The second kappa shape index (κ2) is 15.1. The lowest BCUT2D eigenvalue weighted by atomic mass is 9.44. The lowest BCUT2D eigenvalue weighted by molar-refractivity contribution is -0.154. The van der Waals surface area contributed by atoms with Crippen LogP contribution in [0.1, 0.15) is 117 Å². The van der Waals surface area contributed by atoms with Crippen LogP contribution < -0.4 is 14.9 Å². The maximum absolute atomic E-state index is 13.2. The molecule has 3 aromatic rings. The van der Waals surface area contributed by atoms with E-state index in [0.29, 0.717) is 33.6 Å². The number of benzene rings is 2. The lowest BCUT2D eigenvalue weighted by Crippen LogP contribution is -2.52. The van der Waals surface area contributed by atoms with E-state index in [9.17, 15) is 9.59 Å². The van der Waals surface area contributed by atoms with E-state index in [4.69, 9.17) is 18.6 Å². The summed E-state index contributed by atoms with van der Waals surface area (Å²) in [6, 6.07) is 14.1. The Morgan fingerprint density at radius 2 is 1.75 bits per heavy atom. The van der Waals surface area contributed by atoms with Gasteiger partial charge in [0.2, 0.25) is 11.2 Å². The van der Waals surface area contributed by atoms with Crippen LogP contribution in [0.15, 0.2) is 69.4 Å². The summed E-state index contributed by atoms with van der Waals surface area (Å²) in [7, 11) is 0. The molecule has 52 heavy (non-hydrogen) atoms. The zero-order chi connectivity index (χ0) is 36.6. The predicted octanol–water partition coefficient (Wildman–Crippen LogP) is 11.6. The highest BCUT2D eigenvalue weighted by Gasteiger charge is 2.56. The first-order valence-corrected chi connectivity index (χ1v) is 20.3. The summed E-state index contributed by atoms with van der Waals surface area (Å²) in [6.07, 6.45) is 17.5. The number of allylic oxidation sites excluding steroid dienone is 1. The summed E-state index contributed by atoms with van der Waals surface area (Å²) in [6.45, 7) is 13.9.